The third kappa shape index (κ3) is 2.66. The van der Waals surface area contributed by atoms with Crippen LogP contribution in [0.1, 0.15) is 12.8 Å². The molecule has 6 heteroatoms. The molecule has 2 rings (SSSR count). The Kier molecular flexibility index (Phi) is 3.79. The fraction of sp³-hybridized carbons (Fsp3) is 0.455. The van der Waals surface area contributed by atoms with E-state index in [2.05, 4.69) is 23.7 Å². The van der Waals surface area contributed by atoms with Crippen LogP contribution in [0, 0.1) is 0 Å². The minimum Gasteiger partial charge on any atom is -0.332 e. The summed E-state index contributed by atoms with van der Waals surface area (Å²) in [5, 5.41) is 4.20. The first-order chi connectivity index (χ1) is 8.09. The van der Waals surface area contributed by atoms with Crippen molar-refractivity contribution in [3.05, 3.63) is 22.4 Å². The van der Waals surface area contributed by atoms with Gasteiger partial charge >= 0.3 is 0 Å². The molecule has 2 heterocycles. The number of rotatable bonds is 4. The summed E-state index contributed by atoms with van der Waals surface area (Å²) in [6.07, 6.45) is 1.55. The molecule has 4 nitrogen and oxygen atoms in total. The van der Waals surface area contributed by atoms with E-state index in [0.717, 1.165) is 23.6 Å². The van der Waals surface area contributed by atoms with Crippen molar-refractivity contribution in [3.63, 3.8) is 0 Å². The maximum absolute atomic E-state index is 11.7. The molecule has 17 heavy (non-hydrogen) atoms. The second kappa shape index (κ2) is 5.14. The summed E-state index contributed by atoms with van der Waals surface area (Å²) in [7, 11) is 0. The Labute approximate surface area is 110 Å². The van der Waals surface area contributed by atoms with Gasteiger partial charge in [0, 0.05) is 17.9 Å². The van der Waals surface area contributed by atoms with Crippen LogP contribution in [0.25, 0.3) is 0 Å². The van der Waals surface area contributed by atoms with Crippen molar-refractivity contribution in [1.82, 2.24) is 10.3 Å². The number of thioether (sulfide) groups is 1. The topological polar surface area (TPSA) is 44.7 Å². The summed E-state index contributed by atoms with van der Waals surface area (Å²) in [6.45, 7) is 8.99. The van der Waals surface area contributed by atoms with Gasteiger partial charge in [-0.05, 0) is 6.42 Å². The van der Waals surface area contributed by atoms with Gasteiger partial charge in [-0.25, -0.2) is 0 Å². The van der Waals surface area contributed by atoms with E-state index in [4.69, 9.17) is 11.6 Å². The second-order valence-electron chi connectivity index (χ2n) is 3.95. The summed E-state index contributed by atoms with van der Waals surface area (Å²) in [6, 6.07) is -0.0129. The van der Waals surface area contributed by atoms with Crippen LogP contribution in [0.5, 0.6) is 0 Å². The van der Waals surface area contributed by atoms with Crippen LogP contribution in [-0.2, 0) is 4.79 Å². The van der Waals surface area contributed by atoms with Gasteiger partial charge in [-0.3, -0.25) is 4.79 Å². The lowest BCUT2D eigenvalue weighted by Gasteiger charge is -2.24. The van der Waals surface area contributed by atoms with Gasteiger partial charge < -0.3 is 10.3 Å². The molecule has 0 aromatic rings. The highest BCUT2D eigenvalue weighted by Gasteiger charge is 2.34. The minimum absolute atomic E-state index is 0.0129. The first-order valence-electron chi connectivity index (χ1n) is 5.41. The molecule has 1 atom stereocenters. The van der Waals surface area contributed by atoms with Crippen molar-refractivity contribution in [2.24, 2.45) is 5.10 Å². The normalized spacial score (nSPS) is 23.6. The molecule has 0 bridgehead atoms. The van der Waals surface area contributed by atoms with Gasteiger partial charge in [0.25, 0.3) is 0 Å². The summed E-state index contributed by atoms with van der Waals surface area (Å²) in [5.74, 6) is 0.189. The van der Waals surface area contributed by atoms with E-state index in [-0.39, 0.29) is 11.9 Å². The number of carbonyl (C=O) groups is 1. The molecule has 92 valence electrons. The summed E-state index contributed by atoms with van der Waals surface area (Å²) in [5.41, 5.74) is 3.72. The van der Waals surface area contributed by atoms with Gasteiger partial charge in [0.1, 0.15) is 0 Å². The average Bonchev–Trinajstić information content (AvgIpc) is 2.83. The van der Waals surface area contributed by atoms with E-state index in [0.29, 0.717) is 17.3 Å². The maximum atomic E-state index is 11.7. The number of amides is 1. The SMILES string of the molecule is C=C(Cl)SC(=C)C1=NNCC1N1CCCC1=O. The van der Waals surface area contributed by atoms with E-state index in [1.807, 2.05) is 4.90 Å². The quantitative estimate of drug-likeness (QED) is 0.849. The van der Waals surface area contributed by atoms with Crippen LogP contribution in [0.15, 0.2) is 27.5 Å². The van der Waals surface area contributed by atoms with E-state index < -0.39 is 0 Å². The van der Waals surface area contributed by atoms with Crippen molar-refractivity contribution < 1.29 is 4.79 Å². The molecule has 0 saturated carbocycles. The smallest absolute Gasteiger partial charge is 0.223 e. The third-order valence-corrected chi connectivity index (χ3v) is 3.71. The fourth-order valence-electron chi connectivity index (χ4n) is 2.08. The number of hydrogen-bond acceptors (Lipinski definition) is 4. The lowest BCUT2D eigenvalue weighted by molar-refractivity contribution is -0.128. The number of likely N-dealkylation sites (tertiary alicyclic amines) is 1. The van der Waals surface area contributed by atoms with E-state index in [9.17, 15) is 4.79 Å². The fourth-order valence-corrected chi connectivity index (χ4v) is 2.91. The highest BCUT2D eigenvalue weighted by atomic mass is 35.5. The Hall–Kier alpha value is -0.940. The van der Waals surface area contributed by atoms with Crippen molar-refractivity contribution >= 4 is 35.0 Å². The molecule has 0 aliphatic carbocycles. The Morgan fingerprint density at radius 2 is 2.35 bits per heavy atom. The molecule has 2 aliphatic heterocycles. The molecule has 1 amide bonds. The largest absolute Gasteiger partial charge is 0.332 e. The number of halogens is 1. The minimum atomic E-state index is -0.0129. The van der Waals surface area contributed by atoms with Gasteiger partial charge in [0.2, 0.25) is 5.91 Å². The average molecular weight is 272 g/mol. The monoisotopic (exact) mass is 271 g/mol. The highest BCUT2D eigenvalue weighted by Crippen LogP contribution is 2.30. The first kappa shape index (κ1) is 12.5. The van der Waals surface area contributed by atoms with Crippen molar-refractivity contribution in [1.29, 1.82) is 0 Å². The van der Waals surface area contributed by atoms with Crippen molar-refractivity contribution in [3.8, 4) is 0 Å². The van der Waals surface area contributed by atoms with Crippen LogP contribution in [-0.4, -0.2) is 35.7 Å². The molecular weight excluding hydrogens is 258 g/mol. The van der Waals surface area contributed by atoms with Crippen LogP contribution in [0.4, 0.5) is 0 Å². The first-order valence-corrected chi connectivity index (χ1v) is 6.60. The Morgan fingerprint density at radius 1 is 1.59 bits per heavy atom. The predicted molar refractivity (Wildman–Crippen MR) is 71.9 cm³/mol. The molecule has 0 aromatic heterocycles. The van der Waals surface area contributed by atoms with E-state index in [1.165, 1.54) is 11.8 Å². The zero-order valence-corrected chi connectivity index (χ0v) is 11.0. The molecule has 1 N–H and O–H groups in total. The lowest BCUT2D eigenvalue weighted by Crippen LogP contribution is -2.43. The van der Waals surface area contributed by atoms with Gasteiger partial charge in [0.15, 0.2) is 0 Å². The number of hydrogen-bond donors (Lipinski definition) is 1. The molecule has 1 unspecified atom stereocenters. The molecule has 0 radical (unpaired) electrons. The standard InChI is InChI=1S/C11H14ClN3OS/c1-7(17-8(2)12)11-9(6-13-14-11)15-5-3-4-10(15)16/h9,13H,1-6H2. The summed E-state index contributed by atoms with van der Waals surface area (Å²) < 4.78 is 0.455. The van der Waals surface area contributed by atoms with Gasteiger partial charge in [-0.1, -0.05) is 36.5 Å². The number of nitrogens with one attached hydrogen (secondary N) is 1. The van der Waals surface area contributed by atoms with Crippen LogP contribution in [0.2, 0.25) is 0 Å². The number of nitrogens with zero attached hydrogens (tertiary/aromatic N) is 2. The van der Waals surface area contributed by atoms with E-state index >= 15 is 0 Å². The van der Waals surface area contributed by atoms with Gasteiger partial charge in [-0.2, -0.15) is 5.10 Å². The van der Waals surface area contributed by atoms with Crippen LogP contribution < -0.4 is 5.43 Å². The van der Waals surface area contributed by atoms with Gasteiger partial charge in [-0.15, -0.1) is 0 Å². The Balaban J connectivity index is 2.09. The highest BCUT2D eigenvalue weighted by molar-refractivity contribution is 8.08. The van der Waals surface area contributed by atoms with Crippen molar-refractivity contribution in [2.45, 2.75) is 18.9 Å². The zero-order valence-electron chi connectivity index (χ0n) is 9.41. The predicted octanol–water partition coefficient (Wildman–Crippen LogP) is 1.89. The lowest BCUT2D eigenvalue weighted by atomic mass is 10.1. The van der Waals surface area contributed by atoms with E-state index in [1.54, 1.807) is 0 Å². The molecule has 0 spiro atoms. The Bertz CT molecular complexity index is 408. The molecule has 0 aromatic carbocycles. The Morgan fingerprint density at radius 3 is 2.94 bits per heavy atom. The number of carbonyl (C=O) groups excluding carboxylic acids is 1. The van der Waals surface area contributed by atoms with Crippen LogP contribution in [0.3, 0.4) is 0 Å². The van der Waals surface area contributed by atoms with Crippen molar-refractivity contribution in [2.75, 3.05) is 13.1 Å². The van der Waals surface area contributed by atoms with Gasteiger partial charge in [0.05, 0.1) is 22.7 Å². The molecule has 2 aliphatic rings. The zero-order chi connectivity index (χ0) is 12.4. The maximum Gasteiger partial charge on any atom is 0.223 e. The second-order valence-corrected chi connectivity index (χ2v) is 5.82. The number of hydrazone groups is 1. The summed E-state index contributed by atoms with van der Waals surface area (Å²) >= 11 is 7.02. The molecule has 1 saturated heterocycles. The molecular formula is C11H14ClN3OS. The molecule has 1 fully saturated rings. The third-order valence-electron chi connectivity index (χ3n) is 2.81. The van der Waals surface area contributed by atoms with Crippen LogP contribution >= 0.6 is 23.4 Å². The summed E-state index contributed by atoms with van der Waals surface area (Å²) in [4.78, 5) is 14.3.